The highest BCUT2D eigenvalue weighted by Crippen LogP contribution is 2.60. The maximum Gasteiger partial charge on any atom is 0.273 e. The molecule has 2 atom stereocenters. The third-order valence-electron chi connectivity index (χ3n) is 6.35. The maximum absolute atomic E-state index is 6.97. The van der Waals surface area contributed by atoms with E-state index in [0.717, 1.165) is 11.1 Å². The Morgan fingerprint density at radius 3 is 1.34 bits per heavy atom. The number of hydrogen-bond acceptors (Lipinski definition) is 3. The Morgan fingerprint density at radius 2 is 0.943 bits per heavy atom. The molecule has 7 heteroatoms. The van der Waals surface area contributed by atoms with Crippen LogP contribution in [0.4, 0.5) is 0 Å². The predicted molar refractivity (Wildman–Crippen MR) is 139 cm³/mol. The van der Waals surface area contributed by atoms with Gasteiger partial charge in [0.2, 0.25) is 0 Å². The van der Waals surface area contributed by atoms with Crippen LogP contribution in [0.2, 0.25) is 20.1 Å². The minimum absolute atomic E-state index is 0.401. The summed E-state index contributed by atoms with van der Waals surface area (Å²) in [5.74, 6) is -1.70. The lowest BCUT2D eigenvalue weighted by Gasteiger charge is -2.52. The molecule has 4 aromatic rings. The van der Waals surface area contributed by atoms with Crippen LogP contribution in [0.5, 0.6) is 11.5 Å². The van der Waals surface area contributed by atoms with E-state index in [1.54, 1.807) is 24.3 Å². The summed E-state index contributed by atoms with van der Waals surface area (Å²) in [6, 6.07) is 22.2. The van der Waals surface area contributed by atoms with Crippen molar-refractivity contribution in [3.05, 3.63) is 126 Å². The van der Waals surface area contributed by atoms with E-state index in [1.165, 1.54) is 0 Å². The van der Waals surface area contributed by atoms with Crippen LogP contribution in [-0.4, -0.2) is 0 Å². The van der Waals surface area contributed by atoms with Crippen LogP contribution in [0, 0.1) is 13.8 Å². The molecular weight excluding hydrogens is 526 g/mol. The molecule has 0 radical (unpaired) electrons. The fourth-order valence-corrected chi connectivity index (χ4v) is 5.84. The number of aryl methyl sites for hydroxylation is 2. The summed E-state index contributed by atoms with van der Waals surface area (Å²) in [5, 5.41) is 1.81. The van der Waals surface area contributed by atoms with E-state index >= 15 is 0 Å². The van der Waals surface area contributed by atoms with E-state index < -0.39 is 11.6 Å². The third-order valence-corrected chi connectivity index (χ3v) is 7.44. The molecule has 0 saturated heterocycles. The number of hydrogen-bond donors (Lipinski definition) is 0. The van der Waals surface area contributed by atoms with E-state index in [9.17, 15) is 0 Å². The minimum Gasteiger partial charge on any atom is -0.453 e. The molecule has 0 aliphatic carbocycles. The molecule has 0 aromatic heterocycles. The van der Waals surface area contributed by atoms with Crippen molar-refractivity contribution in [1.82, 2.24) is 0 Å². The average Bonchev–Trinajstić information content (AvgIpc) is 2.80. The zero-order valence-corrected chi connectivity index (χ0v) is 21.7. The molecule has 0 N–H and O–H groups in total. The Labute approximate surface area is 223 Å². The fraction of sp³-hybridized carbons (Fsp3) is 0.143. The third kappa shape index (κ3) is 3.45. The lowest BCUT2D eigenvalue weighted by Crippen LogP contribution is -2.56. The quantitative estimate of drug-likeness (QED) is 0.253. The van der Waals surface area contributed by atoms with Gasteiger partial charge in [0, 0.05) is 21.2 Å². The lowest BCUT2D eigenvalue weighted by atomic mass is 9.86. The summed E-state index contributed by atoms with van der Waals surface area (Å²) < 4.78 is 20.5. The smallest absolute Gasteiger partial charge is 0.273 e. The predicted octanol–water partition coefficient (Wildman–Crippen LogP) is 8.82. The van der Waals surface area contributed by atoms with Gasteiger partial charge in [-0.3, -0.25) is 4.74 Å². The van der Waals surface area contributed by atoms with Crippen LogP contribution in [0.15, 0.2) is 72.8 Å². The first-order valence-corrected chi connectivity index (χ1v) is 12.4. The Balaban J connectivity index is 1.75. The van der Waals surface area contributed by atoms with Crippen LogP contribution in [0.3, 0.4) is 0 Å². The van der Waals surface area contributed by atoms with E-state index in [4.69, 9.17) is 60.6 Å². The van der Waals surface area contributed by atoms with E-state index in [2.05, 4.69) is 0 Å². The van der Waals surface area contributed by atoms with Crippen LogP contribution >= 0.6 is 46.4 Å². The zero-order valence-electron chi connectivity index (χ0n) is 18.7. The first-order valence-electron chi connectivity index (χ1n) is 10.9. The highest BCUT2D eigenvalue weighted by atomic mass is 35.5. The van der Waals surface area contributed by atoms with Crippen LogP contribution in [-0.2, 0) is 16.3 Å². The summed E-state index contributed by atoms with van der Waals surface area (Å²) in [4.78, 5) is 0. The summed E-state index contributed by atoms with van der Waals surface area (Å²) in [5.41, 5.74) is 4.59. The number of fused-ring (bicyclic) bond motifs is 6. The summed E-state index contributed by atoms with van der Waals surface area (Å²) >= 11 is 26.1. The van der Waals surface area contributed by atoms with Crippen molar-refractivity contribution in [2.45, 2.75) is 25.4 Å². The molecule has 0 unspecified atom stereocenters. The van der Waals surface area contributed by atoms with Crippen molar-refractivity contribution in [2.75, 3.05) is 0 Å². The molecule has 0 saturated carbocycles. The first-order chi connectivity index (χ1) is 16.7. The topological polar surface area (TPSA) is 27.7 Å². The van der Waals surface area contributed by atoms with Crippen LogP contribution in [0.1, 0.15) is 33.4 Å². The molecule has 2 aliphatic heterocycles. The SMILES string of the molecule is Cc1ccc2c(c1)[C@@]1(c3ccc(Cl)cc3Cl)Oc3ccc(C)cc3[C@@](c3ccc(Cl)cc3Cl)(O2)O1. The summed E-state index contributed by atoms with van der Waals surface area (Å²) in [6.07, 6.45) is 0. The molecule has 2 heterocycles. The maximum atomic E-state index is 6.97. The number of ether oxygens (including phenoxy) is 3. The van der Waals surface area contributed by atoms with Crippen molar-refractivity contribution in [2.24, 2.45) is 0 Å². The molecule has 176 valence electrons. The minimum atomic E-state index is -1.44. The Hall–Kier alpha value is -2.40. The first kappa shape index (κ1) is 23.0. The van der Waals surface area contributed by atoms with Gasteiger partial charge in [-0.15, -0.1) is 0 Å². The Kier molecular flexibility index (Phi) is 5.30. The van der Waals surface area contributed by atoms with E-state index in [0.29, 0.717) is 53.8 Å². The average molecular weight is 544 g/mol. The molecule has 0 amide bonds. The van der Waals surface area contributed by atoms with Gasteiger partial charge < -0.3 is 9.47 Å². The molecule has 0 spiro atoms. The highest BCUT2D eigenvalue weighted by Gasteiger charge is 2.61. The standard InChI is InChI=1S/C28H18Cl4O3/c1-15-3-9-25-21(11-15)27(19-7-5-17(29)13-23(19)31)34-26-10-4-16(2)12-22(26)28(33-25,35-27)20-8-6-18(30)14-24(20)32/h3-14H,1-2H3/t27-,28-/m0/s1. The second kappa shape index (κ2) is 8.06. The number of rotatable bonds is 2. The molecule has 3 nitrogen and oxygen atoms in total. The van der Waals surface area contributed by atoms with Gasteiger partial charge in [0.1, 0.15) is 11.5 Å². The van der Waals surface area contributed by atoms with Gasteiger partial charge >= 0.3 is 0 Å². The second-order valence-electron chi connectivity index (χ2n) is 8.79. The summed E-state index contributed by atoms with van der Waals surface area (Å²) in [6.45, 7) is 3.99. The van der Waals surface area contributed by atoms with Gasteiger partial charge in [0.05, 0.1) is 21.2 Å². The van der Waals surface area contributed by atoms with E-state index in [1.807, 2.05) is 62.4 Å². The second-order valence-corrected chi connectivity index (χ2v) is 10.5. The van der Waals surface area contributed by atoms with Crippen molar-refractivity contribution in [3.63, 3.8) is 0 Å². The monoisotopic (exact) mass is 542 g/mol. The van der Waals surface area contributed by atoms with Crippen LogP contribution in [0.25, 0.3) is 0 Å². The van der Waals surface area contributed by atoms with E-state index in [-0.39, 0.29) is 0 Å². The molecular formula is C28H18Cl4O3. The van der Waals surface area contributed by atoms with Crippen molar-refractivity contribution < 1.29 is 14.2 Å². The van der Waals surface area contributed by atoms with Gasteiger partial charge in [-0.2, -0.15) is 0 Å². The Bertz CT molecular complexity index is 1410. The van der Waals surface area contributed by atoms with Crippen molar-refractivity contribution >= 4 is 46.4 Å². The summed E-state index contributed by atoms with van der Waals surface area (Å²) in [7, 11) is 0. The highest BCUT2D eigenvalue weighted by molar-refractivity contribution is 6.35. The molecule has 2 bridgehead atoms. The van der Waals surface area contributed by atoms with Crippen LogP contribution < -0.4 is 9.47 Å². The van der Waals surface area contributed by atoms with Gasteiger partial charge in [-0.1, -0.05) is 69.7 Å². The molecule has 0 fully saturated rings. The van der Waals surface area contributed by atoms with Crippen molar-refractivity contribution in [1.29, 1.82) is 0 Å². The van der Waals surface area contributed by atoms with Gasteiger partial charge in [-0.25, -0.2) is 0 Å². The molecule has 4 aromatic carbocycles. The fourth-order valence-electron chi connectivity index (χ4n) is 4.78. The van der Waals surface area contributed by atoms with Gasteiger partial charge in [0.15, 0.2) is 0 Å². The largest absolute Gasteiger partial charge is 0.453 e. The molecule has 6 rings (SSSR count). The zero-order chi connectivity index (χ0) is 24.5. The van der Waals surface area contributed by atoms with Gasteiger partial charge in [-0.05, 0) is 74.5 Å². The van der Waals surface area contributed by atoms with Gasteiger partial charge in [0.25, 0.3) is 11.6 Å². The number of halogens is 4. The number of benzene rings is 4. The Morgan fingerprint density at radius 1 is 0.514 bits per heavy atom. The molecule has 35 heavy (non-hydrogen) atoms. The lowest BCUT2D eigenvalue weighted by molar-refractivity contribution is -0.322. The molecule has 2 aliphatic rings. The van der Waals surface area contributed by atoms with Crippen molar-refractivity contribution in [3.8, 4) is 11.5 Å². The normalized spacial score (nSPS) is 22.0.